The summed E-state index contributed by atoms with van der Waals surface area (Å²) in [6.07, 6.45) is -2.27. The Morgan fingerprint density at radius 3 is 2.54 bits per heavy atom. The second-order valence-corrected chi connectivity index (χ2v) is 6.63. The Hall–Kier alpha value is -1.82. The van der Waals surface area contributed by atoms with Gasteiger partial charge < -0.3 is 4.52 Å². The molecule has 0 amide bonds. The van der Waals surface area contributed by atoms with Crippen molar-refractivity contribution in [3.05, 3.63) is 52.9 Å². The molecule has 130 valence electrons. The fourth-order valence-electron chi connectivity index (χ4n) is 3.10. The Balaban J connectivity index is 1.71. The average Bonchev–Trinajstić information content (AvgIpc) is 3.15. The Kier molecular flexibility index (Phi) is 4.67. The van der Waals surface area contributed by atoms with Crippen molar-refractivity contribution in [1.82, 2.24) is 10.1 Å². The first-order valence-corrected chi connectivity index (χ1v) is 8.21. The van der Waals surface area contributed by atoms with Crippen molar-refractivity contribution in [1.29, 1.82) is 0 Å². The predicted molar refractivity (Wildman–Crippen MR) is 84.4 cm³/mol. The summed E-state index contributed by atoms with van der Waals surface area (Å²) in [7, 11) is 0. The number of nitrogens with zero attached hydrogens (tertiary/aromatic N) is 2. The number of benzene rings is 1. The first kappa shape index (κ1) is 17.0. The number of aromatic nitrogens is 1. The zero-order valence-electron chi connectivity index (χ0n) is 13.8. The van der Waals surface area contributed by atoms with Gasteiger partial charge in [-0.2, -0.15) is 13.2 Å². The van der Waals surface area contributed by atoms with Crippen LogP contribution in [0, 0.1) is 0 Å². The number of hydrogen-bond acceptors (Lipinski definition) is 3. The summed E-state index contributed by atoms with van der Waals surface area (Å²) in [6, 6.07) is 7.54. The summed E-state index contributed by atoms with van der Waals surface area (Å²) in [4.78, 5) is 2.24. The molecule has 2 aromatic rings. The lowest BCUT2D eigenvalue weighted by Crippen LogP contribution is -2.22. The summed E-state index contributed by atoms with van der Waals surface area (Å²) in [5.41, 5.74) is 1.20. The molecule has 2 heterocycles. The van der Waals surface area contributed by atoms with Gasteiger partial charge >= 0.3 is 6.18 Å². The summed E-state index contributed by atoms with van der Waals surface area (Å²) < 4.78 is 43.4. The van der Waals surface area contributed by atoms with Gasteiger partial charge in [0.15, 0.2) is 5.76 Å². The minimum absolute atomic E-state index is 0.146. The number of alkyl halides is 3. The minimum Gasteiger partial charge on any atom is -0.359 e. The molecule has 1 fully saturated rings. The van der Waals surface area contributed by atoms with Gasteiger partial charge in [-0.1, -0.05) is 31.1 Å². The van der Waals surface area contributed by atoms with E-state index in [1.807, 2.05) is 6.07 Å². The fourth-order valence-corrected chi connectivity index (χ4v) is 3.10. The molecule has 6 heteroatoms. The van der Waals surface area contributed by atoms with Crippen LogP contribution in [0.25, 0.3) is 0 Å². The van der Waals surface area contributed by atoms with Gasteiger partial charge in [0.2, 0.25) is 0 Å². The Labute approximate surface area is 139 Å². The van der Waals surface area contributed by atoms with Crippen LogP contribution in [0.3, 0.4) is 0 Å². The van der Waals surface area contributed by atoms with Crippen LogP contribution in [0.5, 0.6) is 0 Å². The van der Waals surface area contributed by atoms with Crippen molar-refractivity contribution in [2.45, 2.75) is 51.4 Å². The lowest BCUT2D eigenvalue weighted by molar-refractivity contribution is -0.137. The van der Waals surface area contributed by atoms with Crippen LogP contribution in [0.15, 0.2) is 34.9 Å². The summed E-state index contributed by atoms with van der Waals surface area (Å²) >= 11 is 0. The standard InChI is InChI=1S/C18H21F3N2O/c1-12(2)15-10-17(24-22-15)16-4-3-9-23(16)11-13-5-7-14(8-6-13)18(19,20)21/h5-8,10,12,16H,3-4,9,11H2,1-2H3/t16-/m1/s1. The van der Waals surface area contributed by atoms with Gasteiger partial charge in [0.25, 0.3) is 0 Å². The molecule has 0 aliphatic carbocycles. The largest absolute Gasteiger partial charge is 0.416 e. The molecule has 0 spiro atoms. The Bertz CT molecular complexity index is 676. The highest BCUT2D eigenvalue weighted by Gasteiger charge is 2.31. The zero-order chi connectivity index (χ0) is 17.3. The number of rotatable bonds is 4. The van der Waals surface area contributed by atoms with E-state index in [1.54, 1.807) is 12.1 Å². The van der Waals surface area contributed by atoms with Gasteiger partial charge in [0.05, 0.1) is 17.3 Å². The molecule has 24 heavy (non-hydrogen) atoms. The van der Waals surface area contributed by atoms with Gasteiger partial charge in [-0.25, -0.2) is 0 Å². The molecule has 3 rings (SSSR count). The van der Waals surface area contributed by atoms with E-state index in [4.69, 9.17) is 4.52 Å². The van der Waals surface area contributed by atoms with E-state index in [-0.39, 0.29) is 6.04 Å². The van der Waals surface area contributed by atoms with Crippen LogP contribution in [-0.2, 0) is 12.7 Å². The zero-order valence-corrected chi connectivity index (χ0v) is 13.8. The molecular weight excluding hydrogens is 317 g/mol. The molecule has 1 atom stereocenters. The van der Waals surface area contributed by atoms with Crippen molar-refractivity contribution in [2.24, 2.45) is 0 Å². The topological polar surface area (TPSA) is 29.3 Å². The molecule has 0 N–H and O–H groups in total. The highest BCUT2D eigenvalue weighted by molar-refractivity contribution is 5.25. The number of hydrogen-bond donors (Lipinski definition) is 0. The van der Waals surface area contributed by atoms with Crippen LogP contribution in [0.1, 0.15) is 61.2 Å². The predicted octanol–water partition coefficient (Wildman–Crippen LogP) is 5.15. The molecule has 1 saturated heterocycles. The van der Waals surface area contributed by atoms with Crippen LogP contribution in [0.2, 0.25) is 0 Å². The van der Waals surface area contributed by atoms with Gasteiger partial charge in [-0.15, -0.1) is 0 Å². The molecule has 1 aromatic heterocycles. The third-order valence-electron chi connectivity index (χ3n) is 4.50. The SMILES string of the molecule is CC(C)c1cc([C@H]2CCCN2Cc2ccc(C(F)(F)F)cc2)on1. The minimum atomic E-state index is -4.29. The molecule has 1 aliphatic rings. The van der Waals surface area contributed by atoms with Gasteiger partial charge in [-0.05, 0) is 43.0 Å². The van der Waals surface area contributed by atoms with Crippen molar-refractivity contribution < 1.29 is 17.7 Å². The van der Waals surface area contributed by atoms with Crippen molar-refractivity contribution in [3.63, 3.8) is 0 Å². The molecule has 0 saturated carbocycles. The summed E-state index contributed by atoms with van der Waals surface area (Å²) in [5, 5.41) is 4.11. The monoisotopic (exact) mass is 338 g/mol. The maximum Gasteiger partial charge on any atom is 0.416 e. The van der Waals surface area contributed by atoms with E-state index in [1.165, 1.54) is 0 Å². The maximum atomic E-state index is 12.6. The molecule has 0 bridgehead atoms. The second kappa shape index (κ2) is 6.59. The van der Waals surface area contributed by atoms with Gasteiger partial charge in [0, 0.05) is 12.6 Å². The van der Waals surface area contributed by atoms with Crippen LogP contribution < -0.4 is 0 Å². The van der Waals surface area contributed by atoms with E-state index in [9.17, 15) is 13.2 Å². The summed E-state index contributed by atoms with van der Waals surface area (Å²) in [6.45, 7) is 5.65. The van der Waals surface area contributed by atoms with E-state index < -0.39 is 11.7 Å². The quantitative estimate of drug-likeness (QED) is 0.772. The smallest absolute Gasteiger partial charge is 0.359 e. The Morgan fingerprint density at radius 2 is 1.96 bits per heavy atom. The average molecular weight is 338 g/mol. The van der Waals surface area contributed by atoms with Crippen molar-refractivity contribution >= 4 is 0 Å². The molecule has 0 unspecified atom stereocenters. The highest BCUT2D eigenvalue weighted by atomic mass is 19.4. The fraction of sp³-hybridized carbons (Fsp3) is 0.500. The lowest BCUT2D eigenvalue weighted by atomic mass is 10.1. The molecule has 1 aliphatic heterocycles. The van der Waals surface area contributed by atoms with E-state index in [0.717, 1.165) is 48.5 Å². The molecular formula is C18H21F3N2O. The highest BCUT2D eigenvalue weighted by Crippen LogP contribution is 2.35. The third kappa shape index (κ3) is 3.64. The van der Waals surface area contributed by atoms with Crippen LogP contribution >= 0.6 is 0 Å². The summed E-state index contributed by atoms with van der Waals surface area (Å²) in [5.74, 6) is 1.16. The first-order chi connectivity index (χ1) is 11.3. The van der Waals surface area contributed by atoms with Gasteiger partial charge in [0.1, 0.15) is 0 Å². The third-order valence-corrected chi connectivity index (χ3v) is 4.50. The molecule has 0 radical (unpaired) electrons. The number of likely N-dealkylation sites (tertiary alicyclic amines) is 1. The van der Waals surface area contributed by atoms with Crippen LogP contribution in [0.4, 0.5) is 13.2 Å². The molecule has 3 nitrogen and oxygen atoms in total. The van der Waals surface area contributed by atoms with Crippen molar-refractivity contribution in [3.8, 4) is 0 Å². The normalized spacial score (nSPS) is 19.3. The van der Waals surface area contributed by atoms with Gasteiger partial charge in [-0.3, -0.25) is 4.90 Å². The van der Waals surface area contributed by atoms with Crippen molar-refractivity contribution in [2.75, 3.05) is 6.54 Å². The van der Waals surface area contributed by atoms with E-state index >= 15 is 0 Å². The molecule has 1 aromatic carbocycles. The maximum absolute atomic E-state index is 12.6. The second-order valence-electron chi connectivity index (χ2n) is 6.63. The first-order valence-electron chi connectivity index (χ1n) is 8.21. The van der Waals surface area contributed by atoms with E-state index in [0.29, 0.717) is 12.5 Å². The van der Waals surface area contributed by atoms with Crippen LogP contribution in [-0.4, -0.2) is 16.6 Å². The lowest BCUT2D eigenvalue weighted by Gasteiger charge is -2.22. The number of halogens is 3. The Morgan fingerprint density at radius 1 is 1.25 bits per heavy atom. The van der Waals surface area contributed by atoms with E-state index in [2.05, 4.69) is 23.9 Å².